The fourth-order valence-electron chi connectivity index (χ4n) is 10.6. The van der Waals surface area contributed by atoms with Crippen molar-refractivity contribution in [2.75, 3.05) is 4.90 Å². The van der Waals surface area contributed by atoms with Crippen LogP contribution in [0.2, 0.25) is 0 Å². The standard InChI is InChI=1S/C58H41NO/c1-57(2)51-21-11-12-22-52(51)58(49-19-9-6-16-45(49)46-17-7-10-20-50(46)58)53-34-33-44(37-54(53)57)59(42-29-24-39(25-30-42)38-14-4-3-5-15-38)43-31-26-40(27-32-43)41-28-35-56-48(36-41)47-18-8-13-23-55(47)60-56/h3-37H,1-2H3. The molecule has 1 heterocycles. The summed E-state index contributed by atoms with van der Waals surface area (Å²) in [4.78, 5) is 2.42. The van der Waals surface area contributed by atoms with Crippen molar-refractivity contribution in [3.05, 3.63) is 246 Å². The minimum atomic E-state index is -0.432. The van der Waals surface area contributed by atoms with Crippen LogP contribution in [0.25, 0.3) is 55.3 Å². The third kappa shape index (κ3) is 4.94. The van der Waals surface area contributed by atoms with Gasteiger partial charge in [0.15, 0.2) is 0 Å². The van der Waals surface area contributed by atoms with E-state index < -0.39 is 5.41 Å². The molecule has 2 aliphatic carbocycles. The number of para-hydroxylation sites is 1. The molecule has 9 aromatic carbocycles. The highest BCUT2D eigenvalue weighted by molar-refractivity contribution is 6.06. The highest BCUT2D eigenvalue weighted by Crippen LogP contribution is 2.62. The molecule has 0 aliphatic heterocycles. The first-order valence-electron chi connectivity index (χ1n) is 20.9. The molecule has 0 N–H and O–H groups in total. The average molecular weight is 768 g/mol. The molecule has 2 aliphatic rings. The van der Waals surface area contributed by atoms with Crippen molar-refractivity contribution >= 4 is 39.0 Å². The molecule has 12 rings (SSSR count). The maximum atomic E-state index is 6.16. The molecule has 2 heteroatoms. The molecule has 10 aromatic rings. The zero-order valence-corrected chi connectivity index (χ0v) is 33.6. The van der Waals surface area contributed by atoms with Gasteiger partial charge in [0.05, 0.1) is 5.41 Å². The number of fused-ring (bicyclic) bond motifs is 12. The maximum Gasteiger partial charge on any atom is 0.135 e. The summed E-state index contributed by atoms with van der Waals surface area (Å²) in [6.45, 7) is 4.81. The smallest absolute Gasteiger partial charge is 0.135 e. The van der Waals surface area contributed by atoms with Gasteiger partial charge in [-0.1, -0.05) is 172 Å². The van der Waals surface area contributed by atoms with Gasteiger partial charge >= 0.3 is 0 Å². The van der Waals surface area contributed by atoms with Gasteiger partial charge in [-0.25, -0.2) is 0 Å². The van der Waals surface area contributed by atoms with Crippen LogP contribution in [0.1, 0.15) is 47.2 Å². The van der Waals surface area contributed by atoms with Crippen molar-refractivity contribution in [1.29, 1.82) is 0 Å². The number of anilines is 3. The predicted molar refractivity (Wildman–Crippen MR) is 249 cm³/mol. The SMILES string of the molecule is CC1(C)c2ccccc2C2(c3ccccc3-c3ccccc32)c2ccc(N(c3ccc(-c4ccccc4)cc3)c3ccc(-c4ccc5oc6ccccc6c5c4)cc3)cc21. The monoisotopic (exact) mass is 767 g/mol. The van der Waals surface area contributed by atoms with Gasteiger partial charge in [-0.3, -0.25) is 0 Å². The topological polar surface area (TPSA) is 16.4 Å². The molecule has 0 fully saturated rings. The van der Waals surface area contributed by atoms with Crippen LogP contribution in [-0.2, 0) is 10.8 Å². The minimum Gasteiger partial charge on any atom is -0.456 e. The molecule has 284 valence electrons. The lowest BCUT2D eigenvalue weighted by Crippen LogP contribution is -2.40. The number of rotatable bonds is 5. The molecule has 60 heavy (non-hydrogen) atoms. The summed E-state index contributed by atoms with van der Waals surface area (Å²) in [5, 5.41) is 2.27. The fraction of sp³-hybridized carbons (Fsp3) is 0.0690. The zero-order chi connectivity index (χ0) is 40.0. The van der Waals surface area contributed by atoms with E-state index in [1.807, 2.05) is 12.1 Å². The summed E-state index contributed by atoms with van der Waals surface area (Å²) in [6.07, 6.45) is 0. The molecule has 0 unspecified atom stereocenters. The van der Waals surface area contributed by atoms with Crippen molar-refractivity contribution in [3.8, 4) is 33.4 Å². The molecular weight excluding hydrogens is 727 g/mol. The van der Waals surface area contributed by atoms with Crippen LogP contribution in [0.3, 0.4) is 0 Å². The van der Waals surface area contributed by atoms with E-state index in [-0.39, 0.29) is 5.41 Å². The van der Waals surface area contributed by atoms with Crippen LogP contribution in [0.15, 0.2) is 217 Å². The van der Waals surface area contributed by atoms with Crippen LogP contribution in [0.4, 0.5) is 17.1 Å². The summed E-state index contributed by atoms with van der Waals surface area (Å²) in [5.74, 6) is 0. The molecule has 1 spiro atoms. The normalized spacial score (nSPS) is 14.1. The van der Waals surface area contributed by atoms with Crippen molar-refractivity contribution in [1.82, 2.24) is 0 Å². The summed E-state index contributed by atoms with van der Waals surface area (Å²) in [5.41, 5.74) is 20.0. The Morgan fingerprint density at radius 2 is 0.817 bits per heavy atom. The van der Waals surface area contributed by atoms with E-state index in [1.165, 1.54) is 55.6 Å². The molecule has 0 radical (unpaired) electrons. The van der Waals surface area contributed by atoms with Gasteiger partial charge in [0.1, 0.15) is 11.2 Å². The first-order chi connectivity index (χ1) is 29.5. The van der Waals surface area contributed by atoms with Gasteiger partial charge < -0.3 is 9.32 Å². The van der Waals surface area contributed by atoms with Crippen molar-refractivity contribution in [3.63, 3.8) is 0 Å². The zero-order valence-electron chi connectivity index (χ0n) is 33.6. The van der Waals surface area contributed by atoms with E-state index in [1.54, 1.807) is 0 Å². The Kier molecular flexibility index (Phi) is 7.52. The fourth-order valence-corrected chi connectivity index (χ4v) is 10.6. The van der Waals surface area contributed by atoms with E-state index >= 15 is 0 Å². The lowest BCUT2D eigenvalue weighted by Gasteiger charge is -2.47. The van der Waals surface area contributed by atoms with Crippen molar-refractivity contribution < 1.29 is 4.42 Å². The molecule has 2 nitrogen and oxygen atoms in total. The summed E-state index contributed by atoms with van der Waals surface area (Å²) >= 11 is 0. The largest absolute Gasteiger partial charge is 0.456 e. The van der Waals surface area contributed by atoms with Gasteiger partial charge in [0.2, 0.25) is 0 Å². The highest BCUT2D eigenvalue weighted by Gasteiger charge is 2.53. The van der Waals surface area contributed by atoms with Gasteiger partial charge in [-0.15, -0.1) is 0 Å². The molecule has 0 atom stereocenters. The highest BCUT2D eigenvalue weighted by atomic mass is 16.3. The Hall–Kier alpha value is -7.42. The van der Waals surface area contributed by atoms with Crippen LogP contribution in [-0.4, -0.2) is 0 Å². The molecule has 0 saturated heterocycles. The van der Waals surface area contributed by atoms with Crippen LogP contribution >= 0.6 is 0 Å². The Morgan fingerprint density at radius 1 is 0.333 bits per heavy atom. The Morgan fingerprint density at radius 3 is 1.50 bits per heavy atom. The third-order valence-electron chi connectivity index (χ3n) is 13.4. The molecule has 0 amide bonds. The molecule has 1 aromatic heterocycles. The maximum absolute atomic E-state index is 6.16. The second kappa shape index (κ2) is 13.0. The molecule has 0 bridgehead atoms. The Labute approximate surface area is 350 Å². The van der Waals surface area contributed by atoms with Crippen LogP contribution in [0, 0.1) is 0 Å². The van der Waals surface area contributed by atoms with E-state index in [4.69, 9.17) is 4.42 Å². The number of nitrogens with zero attached hydrogens (tertiary/aromatic N) is 1. The first-order valence-corrected chi connectivity index (χ1v) is 20.9. The van der Waals surface area contributed by atoms with Crippen LogP contribution < -0.4 is 4.90 Å². The third-order valence-corrected chi connectivity index (χ3v) is 13.4. The quantitative estimate of drug-likeness (QED) is 0.173. The van der Waals surface area contributed by atoms with Gasteiger partial charge in [-0.2, -0.15) is 0 Å². The number of furan rings is 1. The summed E-state index contributed by atoms with van der Waals surface area (Å²) < 4.78 is 6.16. The van der Waals surface area contributed by atoms with E-state index in [0.29, 0.717) is 0 Å². The first kappa shape index (κ1) is 34.6. The predicted octanol–water partition coefficient (Wildman–Crippen LogP) is 15.4. The van der Waals surface area contributed by atoms with E-state index in [0.717, 1.165) is 50.1 Å². The van der Waals surface area contributed by atoms with E-state index in [2.05, 4.69) is 219 Å². The van der Waals surface area contributed by atoms with Crippen LogP contribution in [0.5, 0.6) is 0 Å². The van der Waals surface area contributed by atoms with Crippen molar-refractivity contribution in [2.45, 2.75) is 24.7 Å². The van der Waals surface area contributed by atoms with Gasteiger partial charge in [0.25, 0.3) is 0 Å². The second-order valence-electron chi connectivity index (χ2n) is 16.8. The summed E-state index contributed by atoms with van der Waals surface area (Å²) in [6, 6.07) is 78.0. The van der Waals surface area contributed by atoms with Crippen molar-refractivity contribution in [2.24, 2.45) is 0 Å². The minimum absolute atomic E-state index is 0.262. The second-order valence-corrected chi connectivity index (χ2v) is 16.8. The molecule has 0 saturated carbocycles. The number of hydrogen-bond acceptors (Lipinski definition) is 2. The molecular formula is C58H41NO. The van der Waals surface area contributed by atoms with Gasteiger partial charge in [-0.05, 0) is 121 Å². The Bertz CT molecular complexity index is 3230. The number of hydrogen-bond donors (Lipinski definition) is 0. The average Bonchev–Trinajstić information content (AvgIpc) is 3.83. The summed E-state index contributed by atoms with van der Waals surface area (Å²) in [7, 11) is 0. The lowest BCUT2D eigenvalue weighted by atomic mass is 9.55. The number of benzene rings is 9. The lowest BCUT2D eigenvalue weighted by molar-refractivity contribution is 0.563. The van der Waals surface area contributed by atoms with Gasteiger partial charge in [0, 0.05) is 33.2 Å². The Balaban J connectivity index is 1.04. The van der Waals surface area contributed by atoms with E-state index in [9.17, 15) is 0 Å².